The minimum Gasteiger partial charge on any atom is -0.481 e. The van der Waals surface area contributed by atoms with E-state index in [0.717, 1.165) is 10.6 Å². The Bertz CT molecular complexity index is 1950. The van der Waals surface area contributed by atoms with E-state index in [2.05, 4.69) is 37.2 Å². The first-order chi connectivity index (χ1) is 29.5. The number of carbonyl (C=O) groups excluding carboxylic acids is 10. The molecule has 1 heterocycles. The second-order valence-electron chi connectivity index (χ2n) is 13.7. The maximum atomic E-state index is 13.5. The van der Waals surface area contributed by atoms with Gasteiger partial charge in [-0.15, -0.1) is 0 Å². The zero-order chi connectivity index (χ0) is 45.8. The fourth-order valence-electron chi connectivity index (χ4n) is 6.01. The first-order valence-corrected chi connectivity index (χ1v) is 19.0. The van der Waals surface area contributed by atoms with Gasteiger partial charge in [-0.2, -0.15) is 0 Å². The molecule has 9 amide bonds. The lowest BCUT2D eigenvalue weighted by Crippen LogP contribution is -2.58. The number of nitrogens with zero attached hydrogens (tertiary/aromatic N) is 1. The number of primary amides is 2. The highest BCUT2D eigenvalue weighted by atomic mass is 16.7. The minimum atomic E-state index is -1.98. The van der Waals surface area contributed by atoms with Crippen molar-refractivity contribution in [3.63, 3.8) is 0 Å². The third-order valence-corrected chi connectivity index (χ3v) is 8.90. The minimum absolute atomic E-state index is 0.256. The number of benzene rings is 2. The summed E-state index contributed by atoms with van der Waals surface area (Å²) in [6.07, 6.45) is -3.24. The summed E-state index contributed by atoms with van der Waals surface area (Å²) in [5.74, 6) is -10.3. The number of nitrogens with two attached hydrogens (primary N) is 3. The summed E-state index contributed by atoms with van der Waals surface area (Å²) in [5, 5.41) is 27.1. The van der Waals surface area contributed by atoms with Crippen LogP contribution >= 0.6 is 0 Å². The van der Waals surface area contributed by atoms with E-state index < -0.39 is 121 Å². The first kappa shape index (κ1) is 49.1. The molecule has 24 nitrogen and oxygen atoms in total. The highest BCUT2D eigenvalue weighted by molar-refractivity contribution is 5.98. The topological polar surface area (TPSA) is 383 Å². The van der Waals surface area contributed by atoms with Gasteiger partial charge in [0.1, 0.15) is 30.6 Å². The standard InChI is InChI=1S/C38H49N11O13/c39-18-34(56)49-27(22-9-5-2-6-10-22)17-33(62-49)44-19-31(54)43-20-32(55)45-24(13-28(40)51)36(59)48-26(16-35(57)58)38(61)47-25(14-29(41)52)37(60)46-23(15-30(53)42-11-12-50)21-7-3-1-4-8-21/h1-10,12,23-27,33,44H,11,13-20,39H2,(H2,40,51)(H2,41,52)(H,42,53)(H,43,54)(H,45,55)(H,46,60)(H,47,61)(H,48,59)(H,57,58)/t23-,24-,25-,26-,27-,33?/m0/s1. The van der Waals surface area contributed by atoms with Gasteiger partial charge < -0.3 is 59.0 Å². The number of carbonyl (C=O) groups is 11. The fourth-order valence-corrected chi connectivity index (χ4v) is 6.01. The highest BCUT2D eigenvalue weighted by Gasteiger charge is 2.38. The average Bonchev–Trinajstić information content (AvgIpc) is 3.67. The zero-order valence-corrected chi connectivity index (χ0v) is 33.2. The Morgan fingerprint density at radius 1 is 0.694 bits per heavy atom. The lowest BCUT2D eigenvalue weighted by molar-refractivity contribution is -0.190. The summed E-state index contributed by atoms with van der Waals surface area (Å²) < 4.78 is 0. The molecule has 1 fully saturated rings. The number of aliphatic carboxylic acids is 1. The van der Waals surface area contributed by atoms with Crippen LogP contribution in [0.15, 0.2) is 60.7 Å². The van der Waals surface area contributed by atoms with Crippen LogP contribution in [-0.2, 0) is 57.6 Å². The normalized spacial score (nSPS) is 16.2. The van der Waals surface area contributed by atoms with Crippen LogP contribution in [0.1, 0.15) is 55.3 Å². The van der Waals surface area contributed by atoms with E-state index in [-0.39, 0.29) is 32.5 Å². The van der Waals surface area contributed by atoms with Crippen molar-refractivity contribution in [1.82, 2.24) is 42.3 Å². The van der Waals surface area contributed by atoms with E-state index in [0.29, 0.717) is 11.8 Å². The van der Waals surface area contributed by atoms with Crippen molar-refractivity contribution in [2.75, 3.05) is 26.2 Å². The molecule has 1 aliphatic rings. The number of carboxylic acid groups (broad SMARTS) is 1. The molecule has 2 aromatic carbocycles. The van der Waals surface area contributed by atoms with E-state index >= 15 is 0 Å². The lowest BCUT2D eigenvalue weighted by atomic mass is 10.0. The highest BCUT2D eigenvalue weighted by Crippen LogP contribution is 2.33. The quantitative estimate of drug-likeness (QED) is 0.0417. The number of hydrogen-bond acceptors (Lipinski definition) is 14. The molecule has 14 N–H and O–H groups in total. The van der Waals surface area contributed by atoms with Crippen LogP contribution in [0, 0.1) is 0 Å². The molecular weight excluding hydrogens is 818 g/mol. The number of carboxylic acids is 1. The third-order valence-electron chi connectivity index (χ3n) is 8.90. The Hall–Kier alpha value is -7.31. The van der Waals surface area contributed by atoms with E-state index in [4.69, 9.17) is 22.0 Å². The SMILES string of the molecule is NCC(=O)N1OC(NCC(=O)NCC(=O)N[C@@H](CC(N)=O)C(=O)N[C@@H](CC(=O)O)C(=O)N[C@@H](CC(N)=O)C(=O)N[C@@H](CC(=O)NCC=O)c2ccccc2)C[C@H]1c1ccccc1. The van der Waals surface area contributed by atoms with Crippen molar-refractivity contribution < 1.29 is 62.7 Å². The van der Waals surface area contributed by atoms with Crippen molar-refractivity contribution >= 4 is 65.4 Å². The van der Waals surface area contributed by atoms with Gasteiger partial charge in [0.05, 0.1) is 63.9 Å². The molecule has 0 aliphatic carbocycles. The van der Waals surface area contributed by atoms with Crippen LogP contribution in [0.25, 0.3) is 0 Å². The van der Waals surface area contributed by atoms with Crippen molar-refractivity contribution in [2.45, 2.75) is 68.5 Å². The molecule has 0 aromatic heterocycles. The summed E-state index contributed by atoms with van der Waals surface area (Å²) in [4.78, 5) is 142. The Morgan fingerprint density at radius 2 is 1.24 bits per heavy atom. The van der Waals surface area contributed by atoms with Crippen molar-refractivity contribution in [3.05, 3.63) is 71.8 Å². The molecule has 0 bridgehead atoms. The van der Waals surface area contributed by atoms with Gasteiger partial charge in [0, 0.05) is 6.42 Å². The molecule has 6 atom stereocenters. The Labute approximate surface area is 353 Å². The van der Waals surface area contributed by atoms with E-state index in [1.807, 2.05) is 0 Å². The molecule has 62 heavy (non-hydrogen) atoms. The number of hydrogen-bond donors (Lipinski definition) is 11. The van der Waals surface area contributed by atoms with Gasteiger partial charge in [-0.1, -0.05) is 60.7 Å². The molecule has 3 rings (SSSR count). The number of hydroxylamine groups is 2. The number of rotatable bonds is 25. The van der Waals surface area contributed by atoms with E-state index in [1.165, 1.54) is 0 Å². The summed E-state index contributed by atoms with van der Waals surface area (Å²) >= 11 is 0. The van der Waals surface area contributed by atoms with Crippen molar-refractivity contribution in [2.24, 2.45) is 17.2 Å². The van der Waals surface area contributed by atoms with Gasteiger partial charge in [0.25, 0.3) is 5.91 Å². The maximum Gasteiger partial charge on any atom is 0.305 e. The van der Waals surface area contributed by atoms with Crippen molar-refractivity contribution in [1.29, 1.82) is 0 Å². The maximum absolute atomic E-state index is 13.5. The molecule has 0 radical (unpaired) electrons. The third kappa shape index (κ3) is 16.4. The fraction of sp³-hybridized carbons (Fsp3) is 0.395. The Kier molecular flexibility index (Phi) is 19.5. The first-order valence-electron chi connectivity index (χ1n) is 19.0. The molecule has 0 saturated carbocycles. The molecule has 334 valence electrons. The predicted octanol–water partition coefficient (Wildman–Crippen LogP) is -4.88. The second-order valence-corrected chi connectivity index (χ2v) is 13.7. The summed E-state index contributed by atoms with van der Waals surface area (Å²) in [7, 11) is 0. The van der Waals surface area contributed by atoms with Crippen LogP contribution in [0.2, 0.25) is 0 Å². The summed E-state index contributed by atoms with van der Waals surface area (Å²) in [6, 6.07) is 9.89. The molecule has 0 spiro atoms. The molecule has 24 heteroatoms. The monoisotopic (exact) mass is 867 g/mol. The lowest BCUT2D eigenvalue weighted by Gasteiger charge is -2.26. The predicted molar refractivity (Wildman–Crippen MR) is 212 cm³/mol. The Balaban J connectivity index is 1.64. The van der Waals surface area contributed by atoms with Gasteiger partial charge in [0.2, 0.25) is 47.3 Å². The number of nitrogens with one attached hydrogen (secondary N) is 7. The molecular formula is C38H49N11O13. The second kappa shape index (κ2) is 24.7. The summed E-state index contributed by atoms with van der Waals surface area (Å²) in [5.41, 5.74) is 17.3. The molecule has 2 aromatic rings. The van der Waals surface area contributed by atoms with Crippen LogP contribution in [-0.4, -0.2) is 126 Å². The molecule has 1 unspecified atom stereocenters. The van der Waals surface area contributed by atoms with Gasteiger partial charge in [-0.3, -0.25) is 58.1 Å². The summed E-state index contributed by atoms with van der Waals surface area (Å²) in [6.45, 7) is -1.75. The van der Waals surface area contributed by atoms with Gasteiger partial charge in [-0.25, -0.2) is 5.06 Å². The van der Waals surface area contributed by atoms with Crippen LogP contribution in [0.5, 0.6) is 0 Å². The number of amides is 9. The van der Waals surface area contributed by atoms with E-state index in [9.17, 15) is 57.8 Å². The molecule has 1 aliphatic heterocycles. The van der Waals surface area contributed by atoms with Crippen molar-refractivity contribution in [3.8, 4) is 0 Å². The zero-order valence-electron chi connectivity index (χ0n) is 33.2. The largest absolute Gasteiger partial charge is 0.481 e. The average molecular weight is 868 g/mol. The van der Waals surface area contributed by atoms with Gasteiger partial charge in [-0.05, 0) is 11.1 Å². The van der Waals surface area contributed by atoms with Gasteiger partial charge in [0.15, 0.2) is 0 Å². The Morgan fingerprint density at radius 3 is 1.79 bits per heavy atom. The van der Waals surface area contributed by atoms with Crippen LogP contribution in [0.4, 0.5) is 0 Å². The van der Waals surface area contributed by atoms with E-state index in [1.54, 1.807) is 60.7 Å². The van der Waals surface area contributed by atoms with Crippen LogP contribution < -0.4 is 54.4 Å². The smallest absolute Gasteiger partial charge is 0.305 e. The van der Waals surface area contributed by atoms with Gasteiger partial charge >= 0.3 is 5.97 Å². The molecule has 1 saturated heterocycles. The van der Waals surface area contributed by atoms with Crippen LogP contribution in [0.3, 0.4) is 0 Å². The number of aldehydes is 1.